The maximum absolute atomic E-state index is 10.6. The van der Waals surface area contributed by atoms with Gasteiger partial charge in [-0.2, -0.15) is 0 Å². The highest BCUT2D eigenvalue weighted by molar-refractivity contribution is 5.77. The van der Waals surface area contributed by atoms with Crippen molar-refractivity contribution in [2.45, 2.75) is 12.5 Å². The van der Waals surface area contributed by atoms with Crippen LogP contribution in [0.4, 0.5) is 0 Å². The SMILES string of the molecule is NC(=O)[C@@H]1CNC[C@H](O)C1. The molecule has 0 aromatic carbocycles. The maximum Gasteiger partial charge on any atom is 0.221 e. The van der Waals surface area contributed by atoms with Crippen molar-refractivity contribution in [1.82, 2.24) is 5.32 Å². The summed E-state index contributed by atoms with van der Waals surface area (Å²) in [6.45, 7) is 1.18. The van der Waals surface area contributed by atoms with Crippen molar-refractivity contribution in [3.8, 4) is 0 Å². The lowest BCUT2D eigenvalue weighted by Crippen LogP contribution is -2.44. The minimum atomic E-state index is -0.411. The third-order valence-corrected chi connectivity index (χ3v) is 1.73. The Bertz CT molecular complexity index is 138. The van der Waals surface area contributed by atoms with Crippen LogP contribution in [0.15, 0.2) is 0 Å². The molecule has 1 fully saturated rings. The molecule has 1 aliphatic rings. The molecule has 0 aromatic heterocycles. The molecular weight excluding hydrogens is 132 g/mol. The Morgan fingerprint density at radius 1 is 1.60 bits per heavy atom. The van der Waals surface area contributed by atoms with Crippen LogP contribution >= 0.6 is 0 Å². The summed E-state index contributed by atoms with van der Waals surface area (Å²) in [5.74, 6) is -0.519. The number of piperidine rings is 1. The average molecular weight is 144 g/mol. The largest absolute Gasteiger partial charge is 0.392 e. The zero-order valence-corrected chi connectivity index (χ0v) is 5.71. The topological polar surface area (TPSA) is 75.4 Å². The highest BCUT2D eigenvalue weighted by atomic mass is 16.3. The quantitative estimate of drug-likeness (QED) is 0.416. The molecule has 2 atom stereocenters. The van der Waals surface area contributed by atoms with E-state index >= 15 is 0 Å². The Morgan fingerprint density at radius 3 is 2.70 bits per heavy atom. The first-order chi connectivity index (χ1) is 4.70. The molecule has 0 bridgehead atoms. The predicted molar refractivity (Wildman–Crippen MR) is 36.2 cm³/mol. The molecule has 0 aromatic rings. The number of nitrogens with one attached hydrogen (secondary N) is 1. The third kappa shape index (κ3) is 1.68. The van der Waals surface area contributed by atoms with Crippen LogP contribution in [0.5, 0.6) is 0 Å². The van der Waals surface area contributed by atoms with E-state index in [-0.39, 0.29) is 11.8 Å². The van der Waals surface area contributed by atoms with E-state index in [0.29, 0.717) is 19.5 Å². The average Bonchev–Trinajstić information content (AvgIpc) is 1.88. The van der Waals surface area contributed by atoms with Gasteiger partial charge in [0.2, 0.25) is 5.91 Å². The fourth-order valence-corrected chi connectivity index (χ4v) is 1.14. The van der Waals surface area contributed by atoms with E-state index in [0.717, 1.165) is 0 Å². The van der Waals surface area contributed by atoms with Crippen molar-refractivity contribution in [2.24, 2.45) is 11.7 Å². The van der Waals surface area contributed by atoms with E-state index < -0.39 is 6.10 Å². The van der Waals surface area contributed by atoms with Crippen molar-refractivity contribution in [2.75, 3.05) is 13.1 Å². The number of β-amino-alcohol motifs (C(OH)–C–C–N with tert-alkyl or cyclic N) is 1. The fourth-order valence-electron chi connectivity index (χ4n) is 1.14. The summed E-state index contributed by atoms with van der Waals surface area (Å²) in [5.41, 5.74) is 5.04. The van der Waals surface area contributed by atoms with Gasteiger partial charge in [0.05, 0.1) is 12.0 Å². The summed E-state index contributed by atoms with van der Waals surface area (Å²) in [7, 11) is 0. The number of hydrogen-bond acceptors (Lipinski definition) is 3. The molecule has 4 N–H and O–H groups in total. The Hall–Kier alpha value is -0.610. The van der Waals surface area contributed by atoms with Crippen molar-refractivity contribution in [1.29, 1.82) is 0 Å². The Balaban J connectivity index is 2.39. The van der Waals surface area contributed by atoms with Crippen LogP contribution in [0.1, 0.15) is 6.42 Å². The zero-order chi connectivity index (χ0) is 7.56. The van der Waals surface area contributed by atoms with Crippen LogP contribution in [-0.2, 0) is 4.79 Å². The lowest BCUT2D eigenvalue weighted by Gasteiger charge is -2.24. The van der Waals surface area contributed by atoms with Crippen LogP contribution in [0.25, 0.3) is 0 Å². The molecule has 1 aliphatic heterocycles. The number of hydrogen-bond donors (Lipinski definition) is 3. The second kappa shape index (κ2) is 2.98. The first kappa shape index (κ1) is 7.50. The van der Waals surface area contributed by atoms with E-state index in [4.69, 9.17) is 10.8 Å². The maximum atomic E-state index is 10.6. The molecule has 58 valence electrons. The Morgan fingerprint density at radius 2 is 2.30 bits per heavy atom. The number of amides is 1. The van der Waals surface area contributed by atoms with Gasteiger partial charge in [0.15, 0.2) is 0 Å². The standard InChI is InChI=1S/C6H12N2O2/c7-6(10)4-1-5(9)3-8-2-4/h4-5,8-9H,1-3H2,(H2,7,10)/t4-,5+/m0/s1. The van der Waals surface area contributed by atoms with E-state index in [1.165, 1.54) is 0 Å². The summed E-state index contributed by atoms with van der Waals surface area (Å²) < 4.78 is 0. The normalized spacial score (nSPS) is 33.7. The summed E-state index contributed by atoms with van der Waals surface area (Å²) >= 11 is 0. The highest BCUT2D eigenvalue weighted by Crippen LogP contribution is 2.08. The molecule has 4 nitrogen and oxygen atoms in total. The van der Waals surface area contributed by atoms with Gasteiger partial charge in [0.25, 0.3) is 0 Å². The van der Waals surface area contributed by atoms with Gasteiger partial charge in [0.1, 0.15) is 0 Å². The van der Waals surface area contributed by atoms with Crippen LogP contribution < -0.4 is 11.1 Å². The van der Waals surface area contributed by atoms with Gasteiger partial charge in [-0.3, -0.25) is 4.79 Å². The fraction of sp³-hybridized carbons (Fsp3) is 0.833. The van der Waals surface area contributed by atoms with Gasteiger partial charge in [-0.25, -0.2) is 0 Å². The van der Waals surface area contributed by atoms with Crippen LogP contribution in [0.2, 0.25) is 0 Å². The van der Waals surface area contributed by atoms with Crippen LogP contribution in [0, 0.1) is 5.92 Å². The molecule has 0 spiro atoms. The van der Waals surface area contributed by atoms with Crippen LogP contribution in [-0.4, -0.2) is 30.2 Å². The lowest BCUT2D eigenvalue weighted by molar-refractivity contribution is -0.123. The molecule has 1 saturated heterocycles. The number of aliphatic hydroxyl groups excluding tert-OH is 1. The second-order valence-electron chi connectivity index (χ2n) is 2.65. The minimum absolute atomic E-state index is 0.191. The number of carbonyl (C=O) groups is 1. The van der Waals surface area contributed by atoms with Gasteiger partial charge in [-0.05, 0) is 6.42 Å². The molecule has 0 saturated carbocycles. The highest BCUT2D eigenvalue weighted by Gasteiger charge is 2.23. The Labute approximate surface area is 59.4 Å². The summed E-state index contributed by atoms with van der Waals surface area (Å²) in [6, 6.07) is 0. The van der Waals surface area contributed by atoms with E-state index in [1.807, 2.05) is 0 Å². The summed E-state index contributed by atoms with van der Waals surface area (Å²) in [4.78, 5) is 10.6. The van der Waals surface area contributed by atoms with Gasteiger partial charge in [-0.1, -0.05) is 0 Å². The molecule has 0 unspecified atom stereocenters. The summed E-state index contributed by atoms with van der Waals surface area (Å²) in [6.07, 6.45) is 0.0914. The van der Waals surface area contributed by atoms with Gasteiger partial charge in [-0.15, -0.1) is 0 Å². The number of aliphatic hydroxyl groups is 1. The zero-order valence-electron chi connectivity index (χ0n) is 5.71. The van der Waals surface area contributed by atoms with Crippen molar-refractivity contribution in [3.05, 3.63) is 0 Å². The van der Waals surface area contributed by atoms with E-state index in [1.54, 1.807) is 0 Å². The first-order valence-electron chi connectivity index (χ1n) is 3.38. The third-order valence-electron chi connectivity index (χ3n) is 1.73. The Kier molecular flexibility index (Phi) is 2.24. The number of nitrogens with two attached hydrogens (primary N) is 1. The number of carbonyl (C=O) groups excluding carboxylic acids is 1. The lowest BCUT2D eigenvalue weighted by atomic mass is 9.97. The number of primary amides is 1. The molecule has 1 rings (SSSR count). The van der Waals surface area contributed by atoms with Crippen LogP contribution in [0.3, 0.4) is 0 Å². The van der Waals surface area contributed by atoms with E-state index in [2.05, 4.69) is 5.32 Å². The first-order valence-corrected chi connectivity index (χ1v) is 3.38. The minimum Gasteiger partial charge on any atom is -0.392 e. The second-order valence-corrected chi connectivity index (χ2v) is 2.65. The van der Waals surface area contributed by atoms with E-state index in [9.17, 15) is 4.79 Å². The molecular formula is C6H12N2O2. The smallest absolute Gasteiger partial charge is 0.221 e. The van der Waals surface area contributed by atoms with Crippen molar-refractivity contribution >= 4 is 5.91 Å². The van der Waals surface area contributed by atoms with Crippen molar-refractivity contribution < 1.29 is 9.90 Å². The molecule has 0 aliphatic carbocycles. The monoisotopic (exact) mass is 144 g/mol. The van der Waals surface area contributed by atoms with Gasteiger partial charge in [0, 0.05) is 13.1 Å². The predicted octanol–water partition coefficient (Wildman–Crippen LogP) is -1.56. The molecule has 0 radical (unpaired) electrons. The molecule has 1 amide bonds. The molecule has 10 heavy (non-hydrogen) atoms. The molecule has 1 heterocycles. The van der Waals surface area contributed by atoms with Gasteiger partial charge < -0.3 is 16.2 Å². The summed E-state index contributed by atoms with van der Waals surface area (Å²) in [5, 5.41) is 12.0. The molecule has 4 heteroatoms. The number of rotatable bonds is 1. The van der Waals surface area contributed by atoms with Gasteiger partial charge >= 0.3 is 0 Å². The van der Waals surface area contributed by atoms with Crippen molar-refractivity contribution in [3.63, 3.8) is 0 Å².